The molecule has 0 aromatic rings. The van der Waals surface area contributed by atoms with Crippen molar-refractivity contribution in [1.82, 2.24) is 0 Å². The highest BCUT2D eigenvalue weighted by atomic mass is 16.6. The standard InChI is InChI=1S/C14H28O2/c1-12(2,3)10(13(4,5)6)11(15)16-14(7,8)9/h10H,1-9H3. The molecule has 16 heavy (non-hydrogen) atoms. The summed E-state index contributed by atoms with van der Waals surface area (Å²) in [6.07, 6.45) is 0. The first-order chi connectivity index (χ1) is 6.75. The molecular formula is C14H28O2. The van der Waals surface area contributed by atoms with E-state index >= 15 is 0 Å². The summed E-state index contributed by atoms with van der Waals surface area (Å²) < 4.78 is 5.51. The molecule has 0 amide bonds. The van der Waals surface area contributed by atoms with Crippen LogP contribution in [-0.4, -0.2) is 11.6 Å². The summed E-state index contributed by atoms with van der Waals surface area (Å²) in [5.41, 5.74) is -0.576. The Labute approximate surface area is 101 Å². The molecule has 96 valence electrons. The number of hydrogen-bond donors (Lipinski definition) is 0. The number of ether oxygens (including phenoxy) is 1. The zero-order valence-corrected chi connectivity index (χ0v) is 12.4. The van der Waals surface area contributed by atoms with E-state index in [1.165, 1.54) is 0 Å². The van der Waals surface area contributed by atoms with E-state index in [0.29, 0.717) is 0 Å². The Morgan fingerprint density at radius 2 is 1.12 bits per heavy atom. The molecule has 2 heteroatoms. The van der Waals surface area contributed by atoms with Crippen LogP contribution in [-0.2, 0) is 9.53 Å². The van der Waals surface area contributed by atoms with E-state index in [1.54, 1.807) is 0 Å². The van der Waals surface area contributed by atoms with Crippen LogP contribution in [0.2, 0.25) is 0 Å². The molecule has 0 aromatic carbocycles. The van der Waals surface area contributed by atoms with Crippen LogP contribution in [0, 0.1) is 16.7 Å². The molecule has 0 aliphatic heterocycles. The first-order valence-electron chi connectivity index (χ1n) is 5.98. The van der Waals surface area contributed by atoms with Gasteiger partial charge < -0.3 is 4.74 Å². The fourth-order valence-electron chi connectivity index (χ4n) is 2.37. The molecule has 0 saturated heterocycles. The van der Waals surface area contributed by atoms with E-state index in [1.807, 2.05) is 20.8 Å². The maximum Gasteiger partial charge on any atom is 0.310 e. The van der Waals surface area contributed by atoms with Gasteiger partial charge in [0.1, 0.15) is 5.60 Å². The van der Waals surface area contributed by atoms with Crippen molar-refractivity contribution < 1.29 is 9.53 Å². The van der Waals surface area contributed by atoms with Gasteiger partial charge in [-0.15, -0.1) is 0 Å². The van der Waals surface area contributed by atoms with Crippen LogP contribution in [0.3, 0.4) is 0 Å². The van der Waals surface area contributed by atoms with Gasteiger partial charge in [-0.2, -0.15) is 0 Å². The number of rotatable bonds is 1. The van der Waals surface area contributed by atoms with E-state index in [-0.39, 0.29) is 22.7 Å². The maximum absolute atomic E-state index is 12.2. The zero-order valence-electron chi connectivity index (χ0n) is 12.4. The molecule has 0 radical (unpaired) electrons. The zero-order chi connectivity index (χ0) is 13.4. The summed E-state index contributed by atoms with van der Waals surface area (Å²) in [5.74, 6) is -0.188. The number of carbonyl (C=O) groups is 1. The van der Waals surface area contributed by atoms with Crippen molar-refractivity contribution in [2.24, 2.45) is 16.7 Å². The van der Waals surface area contributed by atoms with Gasteiger partial charge in [0.05, 0.1) is 5.92 Å². The molecule has 0 heterocycles. The van der Waals surface area contributed by atoms with Gasteiger partial charge in [0, 0.05) is 0 Å². The van der Waals surface area contributed by atoms with Crippen LogP contribution >= 0.6 is 0 Å². The molecule has 0 N–H and O–H groups in total. The van der Waals surface area contributed by atoms with E-state index in [9.17, 15) is 4.79 Å². The first kappa shape index (κ1) is 15.5. The lowest BCUT2D eigenvalue weighted by Gasteiger charge is -2.40. The topological polar surface area (TPSA) is 26.3 Å². The van der Waals surface area contributed by atoms with Crippen molar-refractivity contribution in [3.63, 3.8) is 0 Å². The lowest BCUT2D eigenvalue weighted by atomic mass is 9.66. The number of hydrogen-bond acceptors (Lipinski definition) is 2. The van der Waals surface area contributed by atoms with E-state index in [4.69, 9.17) is 4.74 Å². The molecule has 0 fully saturated rings. The summed E-state index contributed by atoms with van der Waals surface area (Å²) in [4.78, 5) is 12.2. The van der Waals surface area contributed by atoms with E-state index in [0.717, 1.165) is 0 Å². The predicted molar refractivity (Wildman–Crippen MR) is 68.2 cm³/mol. The van der Waals surface area contributed by atoms with E-state index in [2.05, 4.69) is 41.5 Å². The predicted octanol–water partition coefficient (Wildman–Crippen LogP) is 4.04. The van der Waals surface area contributed by atoms with Gasteiger partial charge >= 0.3 is 5.97 Å². The Kier molecular flexibility index (Phi) is 4.24. The smallest absolute Gasteiger partial charge is 0.310 e. The number of carbonyl (C=O) groups excluding carboxylic acids is 1. The van der Waals surface area contributed by atoms with Crippen LogP contribution in [0.5, 0.6) is 0 Å². The quantitative estimate of drug-likeness (QED) is 0.633. The fourth-order valence-corrected chi connectivity index (χ4v) is 2.37. The average Bonchev–Trinajstić information content (AvgIpc) is 1.70. The molecule has 0 spiro atoms. The van der Waals surface area contributed by atoms with Gasteiger partial charge in [0.25, 0.3) is 0 Å². The summed E-state index contributed by atoms with van der Waals surface area (Å²) >= 11 is 0. The SMILES string of the molecule is CC(C)(C)OC(=O)C(C(C)(C)C)C(C)(C)C. The van der Waals surface area contributed by atoms with Gasteiger partial charge in [0.15, 0.2) is 0 Å². The Morgan fingerprint density at radius 1 is 0.812 bits per heavy atom. The number of esters is 1. The fraction of sp³-hybridized carbons (Fsp3) is 0.929. The lowest BCUT2D eigenvalue weighted by Crippen LogP contribution is -2.42. The molecule has 2 nitrogen and oxygen atoms in total. The van der Waals surface area contributed by atoms with Crippen molar-refractivity contribution in [3.05, 3.63) is 0 Å². The Balaban J connectivity index is 5.03. The van der Waals surface area contributed by atoms with Crippen LogP contribution in [0.25, 0.3) is 0 Å². The van der Waals surface area contributed by atoms with Crippen LogP contribution in [0.15, 0.2) is 0 Å². The van der Waals surface area contributed by atoms with Crippen molar-refractivity contribution >= 4 is 5.97 Å². The Bertz CT molecular complexity index is 231. The third-order valence-corrected chi connectivity index (χ3v) is 2.37. The van der Waals surface area contributed by atoms with Crippen molar-refractivity contribution in [2.75, 3.05) is 0 Å². The summed E-state index contributed by atoms with van der Waals surface area (Å²) in [6, 6.07) is 0. The lowest BCUT2D eigenvalue weighted by molar-refractivity contribution is -0.169. The van der Waals surface area contributed by atoms with Crippen molar-refractivity contribution in [2.45, 2.75) is 67.9 Å². The van der Waals surface area contributed by atoms with Crippen LogP contribution in [0.1, 0.15) is 62.3 Å². The molecule has 0 aromatic heterocycles. The minimum Gasteiger partial charge on any atom is -0.460 e. The summed E-state index contributed by atoms with van der Waals surface area (Å²) in [6.45, 7) is 18.3. The largest absolute Gasteiger partial charge is 0.460 e. The average molecular weight is 228 g/mol. The second-order valence-corrected chi connectivity index (χ2v) is 7.70. The Morgan fingerprint density at radius 3 is 1.31 bits per heavy atom. The molecular weight excluding hydrogens is 200 g/mol. The summed E-state index contributed by atoms with van der Waals surface area (Å²) in [5, 5.41) is 0. The third kappa shape index (κ3) is 5.00. The second-order valence-electron chi connectivity index (χ2n) is 7.70. The molecule has 0 rings (SSSR count). The Hall–Kier alpha value is -0.530. The normalized spacial score (nSPS) is 14.1. The molecule has 0 aliphatic carbocycles. The minimum absolute atomic E-state index is 0.0828. The molecule has 0 bridgehead atoms. The monoisotopic (exact) mass is 228 g/mol. The van der Waals surface area contributed by atoms with Crippen molar-refractivity contribution in [3.8, 4) is 0 Å². The van der Waals surface area contributed by atoms with Crippen molar-refractivity contribution in [1.29, 1.82) is 0 Å². The summed E-state index contributed by atoms with van der Waals surface area (Å²) in [7, 11) is 0. The highest BCUT2D eigenvalue weighted by Gasteiger charge is 2.42. The second kappa shape index (κ2) is 4.38. The molecule has 0 saturated carbocycles. The van der Waals surface area contributed by atoms with Crippen LogP contribution < -0.4 is 0 Å². The highest BCUT2D eigenvalue weighted by molar-refractivity contribution is 5.74. The first-order valence-corrected chi connectivity index (χ1v) is 5.98. The van der Waals surface area contributed by atoms with Gasteiger partial charge in [-0.3, -0.25) is 4.79 Å². The minimum atomic E-state index is -0.411. The van der Waals surface area contributed by atoms with Crippen LogP contribution in [0.4, 0.5) is 0 Å². The molecule has 0 atom stereocenters. The van der Waals surface area contributed by atoms with Gasteiger partial charge in [-0.25, -0.2) is 0 Å². The van der Waals surface area contributed by atoms with E-state index < -0.39 is 5.60 Å². The molecule has 0 aliphatic rings. The van der Waals surface area contributed by atoms with Gasteiger partial charge in [-0.05, 0) is 31.6 Å². The third-order valence-electron chi connectivity index (χ3n) is 2.37. The maximum atomic E-state index is 12.2. The van der Waals surface area contributed by atoms with Gasteiger partial charge in [-0.1, -0.05) is 41.5 Å². The highest BCUT2D eigenvalue weighted by Crippen LogP contribution is 2.41. The molecule has 0 unspecified atom stereocenters. The van der Waals surface area contributed by atoms with Gasteiger partial charge in [0.2, 0.25) is 0 Å².